The van der Waals surface area contributed by atoms with Gasteiger partial charge in [-0.05, 0) is 106 Å². The Labute approximate surface area is 278 Å². The Kier molecular flexibility index (Phi) is 9.62. The van der Waals surface area contributed by atoms with Crippen LogP contribution >= 0.6 is 11.6 Å². The van der Waals surface area contributed by atoms with E-state index in [1.165, 1.54) is 5.57 Å². The molecule has 4 atom stereocenters. The van der Waals surface area contributed by atoms with Crippen LogP contribution in [-0.4, -0.2) is 57.3 Å². The first-order valence-corrected chi connectivity index (χ1v) is 17.4. The zero-order valence-electron chi connectivity index (χ0n) is 27.2. The second-order valence-corrected chi connectivity index (χ2v) is 14.9. The van der Waals surface area contributed by atoms with Crippen LogP contribution in [-0.2, 0) is 12.0 Å². The molecule has 3 aromatic carbocycles. The Morgan fingerprint density at radius 3 is 2.37 bits per heavy atom. The molecule has 0 radical (unpaired) electrons. The molecule has 2 fully saturated rings. The lowest BCUT2D eigenvalue weighted by atomic mass is 9.64. The number of aliphatic hydroxyl groups excluding tert-OH is 1. The van der Waals surface area contributed by atoms with Crippen LogP contribution in [0.25, 0.3) is 0 Å². The Balaban J connectivity index is 1.32. The molecule has 3 aliphatic carbocycles. The van der Waals surface area contributed by atoms with Crippen LogP contribution in [0.3, 0.4) is 0 Å². The highest BCUT2D eigenvalue weighted by molar-refractivity contribution is 6.30. The number of hydrogen-bond donors (Lipinski definition) is 3. The van der Waals surface area contributed by atoms with Gasteiger partial charge in [0.05, 0.1) is 17.3 Å². The second kappa shape index (κ2) is 13.4. The van der Waals surface area contributed by atoms with Gasteiger partial charge in [-0.25, -0.2) is 0 Å². The molecule has 4 aliphatic rings. The van der Waals surface area contributed by atoms with E-state index in [1.807, 2.05) is 60.7 Å². The number of allylic oxidation sites excluding steroid dienone is 2. The van der Waals surface area contributed by atoms with Gasteiger partial charge in [0.1, 0.15) is 0 Å². The maximum Gasteiger partial charge on any atom is 0.193 e. The average Bonchev–Trinajstić information content (AvgIpc) is 3.30. The molecular weight excluding hydrogens is 594 g/mol. The fourth-order valence-corrected chi connectivity index (χ4v) is 8.57. The van der Waals surface area contributed by atoms with Crippen LogP contribution in [0.4, 0.5) is 0 Å². The number of aliphatic hydroxyl groups is 3. The van der Waals surface area contributed by atoms with Crippen molar-refractivity contribution >= 4 is 17.4 Å². The number of rotatable bonds is 5. The number of nitrogens with zero attached hydrogens (tertiary/aromatic N) is 1. The zero-order valence-corrected chi connectivity index (χ0v) is 28.0. The highest BCUT2D eigenvalue weighted by Gasteiger charge is 2.57. The summed E-state index contributed by atoms with van der Waals surface area (Å²) in [5.74, 6) is -0.0170. The minimum Gasteiger partial charge on any atom is -0.393 e. The van der Waals surface area contributed by atoms with Gasteiger partial charge in [-0.3, -0.25) is 4.79 Å². The molecular formula is C40H48ClNO4. The van der Waals surface area contributed by atoms with E-state index >= 15 is 0 Å². The quantitative estimate of drug-likeness (QED) is 0.198. The van der Waals surface area contributed by atoms with Crippen LogP contribution in [0.2, 0.25) is 5.02 Å². The number of likely N-dealkylation sites (tertiary alicyclic amines) is 1. The van der Waals surface area contributed by atoms with Gasteiger partial charge in [0.2, 0.25) is 0 Å². The van der Waals surface area contributed by atoms with E-state index in [0.29, 0.717) is 67.9 Å². The first-order valence-electron chi connectivity index (χ1n) is 17.0. The van der Waals surface area contributed by atoms with Gasteiger partial charge < -0.3 is 20.2 Å². The maximum atomic E-state index is 14.1. The molecule has 1 aliphatic heterocycles. The van der Waals surface area contributed by atoms with Crippen LogP contribution in [0, 0.1) is 5.41 Å². The van der Waals surface area contributed by atoms with Crippen molar-refractivity contribution in [1.82, 2.24) is 4.90 Å². The standard InChI is InChI=1S/C40H48ClNO4/c1-28-7-6-19-38(2)36(18-20-40(38,46)27-42-23-21-39(45,22-24-42)31-12-14-32(41)15-13-31)34-17-11-29(25-33(43)16-10-28)26-35(34)37(44)30-8-4-3-5-9-30/h3-5,7-9,11-15,17,26,33,36,43,45-46H,6,10,16,18-25,27H2,1-2H3. The van der Waals surface area contributed by atoms with Crippen LogP contribution < -0.4 is 0 Å². The zero-order chi connectivity index (χ0) is 32.5. The molecule has 244 valence electrons. The van der Waals surface area contributed by atoms with E-state index in [0.717, 1.165) is 42.4 Å². The van der Waals surface area contributed by atoms with E-state index in [2.05, 4.69) is 37.0 Å². The predicted molar refractivity (Wildman–Crippen MR) is 184 cm³/mol. The first kappa shape index (κ1) is 33.1. The number of ketones is 1. The van der Waals surface area contributed by atoms with Gasteiger partial charge in [0.25, 0.3) is 0 Å². The smallest absolute Gasteiger partial charge is 0.193 e. The molecule has 1 heterocycles. The summed E-state index contributed by atoms with van der Waals surface area (Å²) < 4.78 is 0. The molecule has 46 heavy (non-hydrogen) atoms. The third-order valence-electron chi connectivity index (χ3n) is 11.5. The lowest BCUT2D eigenvalue weighted by Crippen LogP contribution is -2.55. The highest BCUT2D eigenvalue weighted by Crippen LogP contribution is 2.59. The van der Waals surface area contributed by atoms with Gasteiger partial charge >= 0.3 is 0 Å². The molecule has 0 amide bonds. The van der Waals surface area contributed by atoms with E-state index in [1.54, 1.807) is 0 Å². The summed E-state index contributed by atoms with van der Waals surface area (Å²) in [7, 11) is 0. The lowest BCUT2D eigenvalue weighted by molar-refractivity contribution is -0.101. The molecule has 5 nitrogen and oxygen atoms in total. The molecule has 7 rings (SSSR count). The SMILES string of the molecule is CC1=CCCC2(C)C(CCC2(O)CN2CCC(O)(c3ccc(Cl)cc3)CC2)c2ccc(cc2C(=O)c2ccccc2)CC(O)CC1. The van der Waals surface area contributed by atoms with Gasteiger partial charge in [-0.1, -0.05) is 84.8 Å². The number of β-amino-alcohol motifs (C(OH)–C–C–N with tert-alkyl or cyclic N) is 1. The number of hydrogen-bond acceptors (Lipinski definition) is 5. The van der Waals surface area contributed by atoms with E-state index in [-0.39, 0.29) is 11.7 Å². The Hall–Kier alpha value is -2.80. The predicted octanol–water partition coefficient (Wildman–Crippen LogP) is 7.59. The molecule has 0 aromatic heterocycles. The maximum absolute atomic E-state index is 14.1. The number of piperidine rings is 1. The van der Waals surface area contributed by atoms with E-state index in [4.69, 9.17) is 11.6 Å². The van der Waals surface area contributed by atoms with Gasteiger partial charge in [0, 0.05) is 41.2 Å². The van der Waals surface area contributed by atoms with Crippen molar-refractivity contribution in [3.05, 3.63) is 117 Å². The van der Waals surface area contributed by atoms with Crippen molar-refractivity contribution in [2.45, 2.75) is 94.9 Å². The van der Waals surface area contributed by atoms with Gasteiger partial charge in [-0.2, -0.15) is 0 Å². The molecule has 2 bridgehead atoms. The highest BCUT2D eigenvalue weighted by atomic mass is 35.5. The fraction of sp³-hybridized carbons (Fsp3) is 0.475. The normalized spacial score (nSPS) is 28.7. The molecule has 4 unspecified atom stereocenters. The summed E-state index contributed by atoms with van der Waals surface area (Å²) in [6, 6.07) is 23.1. The number of carbonyl (C=O) groups is 1. The van der Waals surface area contributed by atoms with Crippen molar-refractivity contribution in [3.8, 4) is 0 Å². The summed E-state index contributed by atoms with van der Waals surface area (Å²) in [4.78, 5) is 16.4. The second-order valence-electron chi connectivity index (χ2n) is 14.5. The van der Waals surface area contributed by atoms with Crippen LogP contribution in [0.1, 0.15) is 104 Å². The summed E-state index contributed by atoms with van der Waals surface area (Å²) in [6.45, 7) is 6.29. The number of benzene rings is 3. The minimum atomic E-state index is -0.964. The van der Waals surface area contributed by atoms with Crippen molar-refractivity contribution in [1.29, 1.82) is 0 Å². The molecule has 3 N–H and O–H groups in total. The largest absolute Gasteiger partial charge is 0.393 e. The molecule has 1 saturated carbocycles. The fourth-order valence-electron chi connectivity index (χ4n) is 8.44. The lowest BCUT2D eigenvalue weighted by Gasteiger charge is -2.48. The van der Waals surface area contributed by atoms with Crippen molar-refractivity contribution < 1.29 is 20.1 Å². The van der Waals surface area contributed by atoms with Crippen LogP contribution in [0.5, 0.6) is 0 Å². The molecule has 0 spiro atoms. The van der Waals surface area contributed by atoms with Gasteiger partial charge in [0.15, 0.2) is 5.78 Å². The first-order chi connectivity index (χ1) is 22.0. The summed E-state index contributed by atoms with van der Waals surface area (Å²) in [5.41, 5.74) is 3.11. The monoisotopic (exact) mass is 641 g/mol. The molecule has 1 saturated heterocycles. The summed E-state index contributed by atoms with van der Waals surface area (Å²) in [6.07, 6.45) is 8.05. The van der Waals surface area contributed by atoms with E-state index < -0.39 is 22.7 Å². The molecule has 6 heteroatoms. The average molecular weight is 642 g/mol. The number of carbonyl (C=O) groups excluding carboxylic acids is 1. The summed E-state index contributed by atoms with van der Waals surface area (Å²) in [5, 5.41) is 35.8. The Bertz CT molecular complexity index is 1560. The minimum absolute atomic E-state index is 0.00780. The third-order valence-corrected chi connectivity index (χ3v) is 11.8. The number of halogens is 1. The Morgan fingerprint density at radius 2 is 1.65 bits per heavy atom. The Morgan fingerprint density at radius 1 is 0.935 bits per heavy atom. The van der Waals surface area contributed by atoms with Crippen molar-refractivity contribution in [3.63, 3.8) is 0 Å². The third kappa shape index (κ3) is 6.63. The van der Waals surface area contributed by atoms with Crippen molar-refractivity contribution in [2.75, 3.05) is 19.6 Å². The van der Waals surface area contributed by atoms with Crippen LogP contribution in [0.15, 0.2) is 84.4 Å². The number of fused-ring (bicyclic) bond motifs is 8. The van der Waals surface area contributed by atoms with Gasteiger partial charge in [-0.15, -0.1) is 0 Å². The topological polar surface area (TPSA) is 81.0 Å². The van der Waals surface area contributed by atoms with Crippen molar-refractivity contribution in [2.24, 2.45) is 5.41 Å². The van der Waals surface area contributed by atoms with E-state index in [9.17, 15) is 20.1 Å². The molecule has 3 aromatic rings. The summed E-state index contributed by atoms with van der Waals surface area (Å²) >= 11 is 6.11.